The number of hydrogen-bond acceptors (Lipinski definition) is 4. The minimum Gasteiger partial charge on any atom is -0.368 e. The first-order chi connectivity index (χ1) is 9.09. The van der Waals surface area contributed by atoms with E-state index in [2.05, 4.69) is 5.32 Å². The number of ether oxygens (including phenoxy) is 1. The first kappa shape index (κ1) is 14.3. The molecule has 0 aromatic rings. The summed E-state index contributed by atoms with van der Waals surface area (Å²) in [7, 11) is 0. The lowest BCUT2D eigenvalue weighted by Gasteiger charge is -2.35. The highest BCUT2D eigenvalue weighted by atomic mass is 16.5. The SMILES string of the molecule is CC1CCOC1C(=O)N(CC(N)=O)C1CCCNC1. The molecule has 2 amide bonds. The zero-order valence-corrected chi connectivity index (χ0v) is 11.4. The number of piperidine rings is 1. The van der Waals surface area contributed by atoms with Gasteiger partial charge in [0.05, 0.1) is 6.54 Å². The van der Waals surface area contributed by atoms with Gasteiger partial charge < -0.3 is 20.7 Å². The van der Waals surface area contributed by atoms with Crippen LogP contribution < -0.4 is 11.1 Å². The van der Waals surface area contributed by atoms with Crippen molar-refractivity contribution in [1.82, 2.24) is 10.2 Å². The molecule has 0 spiro atoms. The van der Waals surface area contributed by atoms with Crippen LogP contribution in [0.3, 0.4) is 0 Å². The van der Waals surface area contributed by atoms with Crippen molar-refractivity contribution >= 4 is 11.8 Å². The maximum Gasteiger partial charge on any atom is 0.252 e. The maximum atomic E-state index is 12.6. The van der Waals surface area contributed by atoms with Gasteiger partial charge in [-0.1, -0.05) is 6.92 Å². The zero-order chi connectivity index (χ0) is 13.8. The molecule has 3 N–H and O–H groups in total. The number of rotatable bonds is 4. The van der Waals surface area contributed by atoms with Crippen molar-refractivity contribution in [3.8, 4) is 0 Å². The molecule has 3 atom stereocenters. The number of nitrogens with one attached hydrogen (secondary N) is 1. The molecule has 2 saturated heterocycles. The van der Waals surface area contributed by atoms with Crippen molar-refractivity contribution in [2.45, 2.75) is 38.3 Å². The van der Waals surface area contributed by atoms with Crippen LogP contribution >= 0.6 is 0 Å². The molecule has 0 saturated carbocycles. The second-order valence-electron chi connectivity index (χ2n) is 5.49. The summed E-state index contributed by atoms with van der Waals surface area (Å²) in [5.41, 5.74) is 5.28. The lowest BCUT2D eigenvalue weighted by molar-refractivity contribution is -0.147. The van der Waals surface area contributed by atoms with E-state index in [-0.39, 0.29) is 24.4 Å². The Balaban J connectivity index is 2.07. The summed E-state index contributed by atoms with van der Waals surface area (Å²) < 4.78 is 5.52. The number of carbonyl (C=O) groups is 2. The summed E-state index contributed by atoms with van der Waals surface area (Å²) in [4.78, 5) is 25.4. The zero-order valence-electron chi connectivity index (χ0n) is 11.4. The first-order valence-corrected chi connectivity index (χ1v) is 7.00. The normalized spacial score (nSPS) is 31.1. The predicted octanol–water partition coefficient (Wildman–Crippen LogP) is -0.523. The molecule has 2 aliphatic rings. The summed E-state index contributed by atoms with van der Waals surface area (Å²) in [5.74, 6) is -0.346. The number of carbonyl (C=O) groups excluding carboxylic acids is 2. The van der Waals surface area contributed by atoms with Gasteiger partial charge in [0.15, 0.2) is 0 Å². The molecule has 0 aromatic heterocycles. The maximum absolute atomic E-state index is 12.6. The molecule has 2 aliphatic heterocycles. The van der Waals surface area contributed by atoms with Crippen LogP contribution in [0.15, 0.2) is 0 Å². The Morgan fingerprint density at radius 2 is 2.21 bits per heavy atom. The van der Waals surface area contributed by atoms with E-state index in [0.717, 1.165) is 32.4 Å². The van der Waals surface area contributed by atoms with Crippen LogP contribution in [-0.4, -0.2) is 55.1 Å². The fraction of sp³-hybridized carbons (Fsp3) is 0.846. The van der Waals surface area contributed by atoms with E-state index in [0.29, 0.717) is 6.61 Å². The molecule has 0 radical (unpaired) electrons. The third-order valence-corrected chi connectivity index (χ3v) is 3.95. The summed E-state index contributed by atoms with van der Waals surface area (Å²) in [6.45, 7) is 4.30. The van der Waals surface area contributed by atoms with Gasteiger partial charge in [0, 0.05) is 19.2 Å². The van der Waals surface area contributed by atoms with Crippen LogP contribution in [0.2, 0.25) is 0 Å². The molecular weight excluding hydrogens is 246 g/mol. The largest absolute Gasteiger partial charge is 0.368 e. The fourth-order valence-electron chi connectivity index (χ4n) is 2.83. The van der Waals surface area contributed by atoms with E-state index < -0.39 is 12.0 Å². The molecule has 2 rings (SSSR count). The first-order valence-electron chi connectivity index (χ1n) is 7.00. The van der Waals surface area contributed by atoms with Gasteiger partial charge in [0.25, 0.3) is 5.91 Å². The number of nitrogens with zero attached hydrogens (tertiary/aromatic N) is 1. The number of amides is 2. The average molecular weight is 269 g/mol. The molecule has 19 heavy (non-hydrogen) atoms. The van der Waals surface area contributed by atoms with Crippen LogP contribution in [0.5, 0.6) is 0 Å². The van der Waals surface area contributed by atoms with Crippen LogP contribution in [0.4, 0.5) is 0 Å². The standard InChI is InChI=1S/C13H23N3O3/c1-9-4-6-19-12(9)13(18)16(8-11(14)17)10-3-2-5-15-7-10/h9-10,12,15H,2-8H2,1H3,(H2,14,17). The Labute approximate surface area is 113 Å². The highest BCUT2D eigenvalue weighted by Crippen LogP contribution is 2.23. The van der Waals surface area contributed by atoms with Gasteiger partial charge >= 0.3 is 0 Å². The van der Waals surface area contributed by atoms with Crippen molar-refractivity contribution in [2.24, 2.45) is 11.7 Å². The highest BCUT2D eigenvalue weighted by Gasteiger charge is 2.37. The van der Waals surface area contributed by atoms with Gasteiger partial charge in [-0.05, 0) is 31.7 Å². The monoisotopic (exact) mass is 269 g/mol. The summed E-state index contributed by atoms with van der Waals surface area (Å²) in [6, 6.07) is 0.0464. The summed E-state index contributed by atoms with van der Waals surface area (Å²) in [5, 5.41) is 3.26. The Morgan fingerprint density at radius 3 is 2.74 bits per heavy atom. The van der Waals surface area contributed by atoms with E-state index >= 15 is 0 Å². The van der Waals surface area contributed by atoms with Gasteiger partial charge in [-0.15, -0.1) is 0 Å². The summed E-state index contributed by atoms with van der Waals surface area (Å²) >= 11 is 0. The Bertz CT molecular complexity index is 342. The molecule has 0 aliphatic carbocycles. The van der Waals surface area contributed by atoms with Crippen LogP contribution in [-0.2, 0) is 14.3 Å². The van der Waals surface area contributed by atoms with Gasteiger partial charge in [0.1, 0.15) is 6.10 Å². The minimum atomic E-state index is -0.468. The van der Waals surface area contributed by atoms with Crippen molar-refractivity contribution in [2.75, 3.05) is 26.2 Å². The molecular formula is C13H23N3O3. The van der Waals surface area contributed by atoms with Gasteiger partial charge in [-0.25, -0.2) is 0 Å². The molecule has 6 nitrogen and oxygen atoms in total. The molecule has 2 fully saturated rings. The number of nitrogens with two attached hydrogens (primary N) is 1. The van der Waals surface area contributed by atoms with Crippen LogP contribution in [0, 0.1) is 5.92 Å². The lowest BCUT2D eigenvalue weighted by Crippen LogP contribution is -2.54. The topological polar surface area (TPSA) is 84.7 Å². The minimum absolute atomic E-state index is 0.0161. The molecule has 0 bridgehead atoms. The predicted molar refractivity (Wildman–Crippen MR) is 70.3 cm³/mol. The molecule has 2 heterocycles. The molecule has 0 aromatic carbocycles. The Morgan fingerprint density at radius 1 is 1.42 bits per heavy atom. The molecule has 108 valence electrons. The highest BCUT2D eigenvalue weighted by molar-refractivity contribution is 5.87. The second kappa shape index (κ2) is 6.34. The summed E-state index contributed by atoms with van der Waals surface area (Å²) in [6.07, 6.45) is 2.40. The third-order valence-electron chi connectivity index (χ3n) is 3.95. The average Bonchev–Trinajstić information content (AvgIpc) is 2.82. The number of primary amides is 1. The van der Waals surface area contributed by atoms with Crippen molar-refractivity contribution in [3.05, 3.63) is 0 Å². The van der Waals surface area contributed by atoms with Gasteiger partial charge in [-0.2, -0.15) is 0 Å². The lowest BCUT2D eigenvalue weighted by atomic mass is 10.00. The van der Waals surface area contributed by atoms with Crippen molar-refractivity contribution in [3.63, 3.8) is 0 Å². The molecule has 6 heteroatoms. The number of hydrogen-bond donors (Lipinski definition) is 2. The van der Waals surface area contributed by atoms with E-state index in [9.17, 15) is 9.59 Å². The van der Waals surface area contributed by atoms with E-state index in [1.807, 2.05) is 6.92 Å². The van der Waals surface area contributed by atoms with E-state index in [1.54, 1.807) is 4.90 Å². The van der Waals surface area contributed by atoms with Crippen molar-refractivity contribution < 1.29 is 14.3 Å². The smallest absolute Gasteiger partial charge is 0.252 e. The van der Waals surface area contributed by atoms with Crippen LogP contribution in [0.25, 0.3) is 0 Å². The second-order valence-corrected chi connectivity index (χ2v) is 5.49. The van der Waals surface area contributed by atoms with E-state index in [4.69, 9.17) is 10.5 Å². The quantitative estimate of drug-likeness (QED) is 0.719. The van der Waals surface area contributed by atoms with Crippen LogP contribution in [0.1, 0.15) is 26.2 Å². The Kier molecular flexibility index (Phi) is 4.76. The van der Waals surface area contributed by atoms with Gasteiger partial charge in [0.2, 0.25) is 5.91 Å². The molecule has 3 unspecified atom stereocenters. The fourth-order valence-corrected chi connectivity index (χ4v) is 2.83. The van der Waals surface area contributed by atoms with E-state index in [1.165, 1.54) is 0 Å². The third kappa shape index (κ3) is 3.45. The van der Waals surface area contributed by atoms with Crippen molar-refractivity contribution in [1.29, 1.82) is 0 Å². The van der Waals surface area contributed by atoms with Gasteiger partial charge in [-0.3, -0.25) is 9.59 Å². The Hall–Kier alpha value is -1.14.